The molecule has 0 aromatic rings. The van der Waals surface area contributed by atoms with Gasteiger partial charge in [0, 0.05) is 6.61 Å². The van der Waals surface area contributed by atoms with Gasteiger partial charge < -0.3 is 20.1 Å². The van der Waals surface area contributed by atoms with Crippen molar-refractivity contribution in [3.05, 3.63) is 11.6 Å². The van der Waals surface area contributed by atoms with Gasteiger partial charge in [-0.05, 0) is 34.1 Å². The molecule has 8 nitrogen and oxygen atoms in total. The van der Waals surface area contributed by atoms with Gasteiger partial charge in [0.25, 0.3) is 5.91 Å². The highest BCUT2D eigenvalue weighted by atomic mass is 16.5. The molecule has 2 rings (SSSR count). The Bertz CT molecular complexity index is 569. The standard InChI is InChI=1S/C17H27N3O5/c1-11(2)5-8-25-13-6-7-24-10-12(13)18-14(21)9-20-15(22)17(3,4)19-16(20)23/h5,12-13H,6-10H2,1-4H3,(H,18,21)(H,19,23)/t12-,13+/m0/s1. The van der Waals surface area contributed by atoms with E-state index < -0.39 is 23.4 Å². The van der Waals surface area contributed by atoms with Crippen LogP contribution < -0.4 is 10.6 Å². The van der Waals surface area contributed by atoms with Gasteiger partial charge in [-0.2, -0.15) is 0 Å². The predicted molar refractivity (Wildman–Crippen MR) is 90.9 cm³/mol. The number of imide groups is 1. The fourth-order valence-corrected chi connectivity index (χ4v) is 2.75. The Hall–Kier alpha value is -1.93. The number of ether oxygens (including phenoxy) is 2. The van der Waals surface area contributed by atoms with E-state index >= 15 is 0 Å². The van der Waals surface area contributed by atoms with E-state index in [1.807, 2.05) is 19.9 Å². The van der Waals surface area contributed by atoms with Crippen molar-refractivity contribution in [3.8, 4) is 0 Å². The number of hydrogen-bond acceptors (Lipinski definition) is 5. The molecule has 8 heteroatoms. The van der Waals surface area contributed by atoms with E-state index in [-0.39, 0.29) is 18.7 Å². The first-order valence-corrected chi connectivity index (χ1v) is 8.47. The minimum absolute atomic E-state index is 0.159. The van der Waals surface area contributed by atoms with E-state index in [9.17, 15) is 14.4 Å². The van der Waals surface area contributed by atoms with Gasteiger partial charge in [0.15, 0.2) is 0 Å². The third-order valence-corrected chi connectivity index (χ3v) is 4.19. The monoisotopic (exact) mass is 353 g/mol. The maximum atomic E-state index is 12.3. The zero-order chi connectivity index (χ0) is 18.6. The van der Waals surface area contributed by atoms with Crippen LogP contribution in [0.25, 0.3) is 0 Å². The van der Waals surface area contributed by atoms with Gasteiger partial charge in [-0.1, -0.05) is 11.6 Å². The van der Waals surface area contributed by atoms with Crippen LogP contribution in [-0.2, 0) is 19.1 Å². The highest BCUT2D eigenvalue weighted by Crippen LogP contribution is 2.17. The second kappa shape index (κ2) is 7.97. The molecule has 25 heavy (non-hydrogen) atoms. The molecule has 0 aromatic carbocycles. The Morgan fingerprint density at radius 3 is 2.76 bits per heavy atom. The van der Waals surface area contributed by atoms with Gasteiger partial charge in [-0.25, -0.2) is 4.79 Å². The highest BCUT2D eigenvalue weighted by molar-refractivity contribution is 6.08. The van der Waals surface area contributed by atoms with Crippen molar-refractivity contribution in [1.29, 1.82) is 0 Å². The number of rotatable bonds is 6. The summed E-state index contributed by atoms with van der Waals surface area (Å²) in [5, 5.41) is 5.37. The third-order valence-electron chi connectivity index (χ3n) is 4.19. The lowest BCUT2D eigenvalue weighted by Gasteiger charge is -2.32. The first-order chi connectivity index (χ1) is 11.7. The van der Waals surface area contributed by atoms with Crippen LogP contribution in [0.1, 0.15) is 34.1 Å². The summed E-state index contributed by atoms with van der Waals surface area (Å²) in [6, 6.07) is -0.859. The zero-order valence-corrected chi connectivity index (χ0v) is 15.3. The topological polar surface area (TPSA) is 97.0 Å². The molecule has 2 saturated heterocycles. The molecular weight excluding hydrogens is 326 g/mol. The smallest absolute Gasteiger partial charge is 0.325 e. The van der Waals surface area contributed by atoms with Crippen molar-refractivity contribution in [2.45, 2.75) is 51.8 Å². The summed E-state index contributed by atoms with van der Waals surface area (Å²) >= 11 is 0. The van der Waals surface area contributed by atoms with E-state index in [1.54, 1.807) is 13.8 Å². The molecule has 2 N–H and O–H groups in total. The quantitative estimate of drug-likeness (QED) is 0.538. The molecule has 0 radical (unpaired) electrons. The average molecular weight is 353 g/mol. The molecule has 4 amide bonds. The highest BCUT2D eigenvalue weighted by Gasteiger charge is 2.45. The first-order valence-electron chi connectivity index (χ1n) is 8.47. The zero-order valence-electron chi connectivity index (χ0n) is 15.3. The number of nitrogens with one attached hydrogen (secondary N) is 2. The van der Waals surface area contributed by atoms with E-state index in [0.29, 0.717) is 26.2 Å². The average Bonchev–Trinajstić information content (AvgIpc) is 2.70. The summed E-state index contributed by atoms with van der Waals surface area (Å²) in [5.41, 5.74) is 0.176. The SMILES string of the molecule is CC(C)=CCO[C@@H]1CCOC[C@@H]1NC(=O)CN1C(=O)NC(C)(C)C1=O. The molecule has 0 bridgehead atoms. The first kappa shape index (κ1) is 19.4. The lowest BCUT2D eigenvalue weighted by atomic mass is 10.1. The number of urea groups is 1. The minimum Gasteiger partial charge on any atom is -0.379 e. The van der Waals surface area contributed by atoms with Crippen LogP contribution in [0.2, 0.25) is 0 Å². The number of amides is 4. The molecule has 0 saturated carbocycles. The molecule has 140 valence electrons. The summed E-state index contributed by atoms with van der Waals surface area (Å²) < 4.78 is 11.2. The second-order valence-corrected chi connectivity index (χ2v) is 7.14. The number of hydrogen-bond donors (Lipinski definition) is 2. The Morgan fingerprint density at radius 2 is 2.16 bits per heavy atom. The van der Waals surface area contributed by atoms with E-state index in [4.69, 9.17) is 9.47 Å². The summed E-state index contributed by atoms with van der Waals surface area (Å²) in [6.07, 6.45) is 2.49. The lowest BCUT2D eigenvalue weighted by molar-refractivity contribution is -0.135. The maximum Gasteiger partial charge on any atom is 0.325 e. The summed E-state index contributed by atoms with van der Waals surface area (Å²) in [6.45, 7) is 8.27. The van der Waals surface area contributed by atoms with Crippen LogP contribution >= 0.6 is 0 Å². The fourth-order valence-electron chi connectivity index (χ4n) is 2.75. The number of nitrogens with zero attached hydrogens (tertiary/aromatic N) is 1. The lowest BCUT2D eigenvalue weighted by Crippen LogP contribution is -2.53. The second-order valence-electron chi connectivity index (χ2n) is 7.14. The van der Waals surface area contributed by atoms with Crippen LogP contribution in [0, 0.1) is 0 Å². The molecule has 0 aromatic heterocycles. The van der Waals surface area contributed by atoms with Gasteiger partial charge in [0.05, 0.1) is 25.4 Å². The van der Waals surface area contributed by atoms with Crippen molar-refractivity contribution in [2.24, 2.45) is 0 Å². The normalized spacial score (nSPS) is 25.5. The van der Waals surface area contributed by atoms with E-state index in [0.717, 1.165) is 10.5 Å². The Kier molecular flexibility index (Phi) is 6.18. The van der Waals surface area contributed by atoms with Crippen molar-refractivity contribution in [3.63, 3.8) is 0 Å². The summed E-state index contributed by atoms with van der Waals surface area (Å²) in [7, 11) is 0. The molecule has 2 heterocycles. The Labute approximate surface area is 147 Å². The van der Waals surface area contributed by atoms with Crippen LogP contribution in [0.15, 0.2) is 11.6 Å². The fraction of sp³-hybridized carbons (Fsp3) is 0.706. The number of carbonyl (C=O) groups excluding carboxylic acids is 3. The van der Waals surface area contributed by atoms with Gasteiger partial charge in [-0.15, -0.1) is 0 Å². The van der Waals surface area contributed by atoms with Gasteiger partial charge in [0.2, 0.25) is 5.91 Å². The summed E-state index contributed by atoms with van der Waals surface area (Å²) in [5.74, 6) is -0.823. The molecule has 2 aliphatic heterocycles. The van der Waals surface area contributed by atoms with E-state index in [1.165, 1.54) is 0 Å². The van der Waals surface area contributed by atoms with Crippen LogP contribution in [-0.4, -0.2) is 66.8 Å². The molecule has 2 fully saturated rings. The minimum atomic E-state index is -0.985. The molecule has 0 spiro atoms. The molecule has 0 unspecified atom stereocenters. The van der Waals surface area contributed by atoms with Crippen molar-refractivity contribution in [1.82, 2.24) is 15.5 Å². The molecular formula is C17H27N3O5. The van der Waals surface area contributed by atoms with Gasteiger partial charge in [-0.3, -0.25) is 14.5 Å². The van der Waals surface area contributed by atoms with Crippen molar-refractivity contribution < 1.29 is 23.9 Å². The Morgan fingerprint density at radius 1 is 1.44 bits per heavy atom. The Balaban J connectivity index is 1.90. The molecule has 2 aliphatic rings. The summed E-state index contributed by atoms with van der Waals surface area (Å²) in [4.78, 5) is 37.2. The number of allylic oxidation sites excluding steroid dienone is 1. The third kappa shape index (κ3) is 5.02. The van der Waals surface area contributed by atoms with Crippen LogP contribution in [0.5, 0.6) is 0 Å². The van der Waals surface area contributed by atoms with Crippen molar-refractivity contribution in [2.75, 3.05) is 26.4 Å². The molecule has 0 aliphatic carbocycles. The largest absolute Gasteiger partial charge is 0.379 e. The van der Waals surface area contributed by atoms with Crippen LogP contribution in [0.3, 0.4) is 0 Å². The van der Waals surface area contributed by atoms with Crippen molar-refractivity contribution >= 4 is 17.8 Å². The van der Waals surface area contributed by atoms with Crippen LogP contribution in [0.4, 0.5) is 4.79 Å². The maximum absolute atomic E-state index is 12.3. The van der Waals surface area contributed by atoms with Gasteiger partial charge >= 0.3 is 6.03 Å². The molecule has 2 atom stereocenters. The van der Waals surface area contributed by atoms with Gasteiger partial charge in [0.1, 0.15) is 12.1 Å². The van der Waals surface area contributed by atoms with E-state index in [2.05, 4.69) is 10.6 Å². The predicted octanol–water partition coefficient (Wildman–Crippen LogP) is 0.573. The number of carbonyl (C=O) groups is 3.